The Morgan fingerprint density at radius 3 is 2.45 bits per heavy atom. The standard InChI is InChI=1S/C19H18O/c20-18-11-6-12-19(18)16-10-5-4-9-15(16)13-17(19)14-7-2-1-3-8-14/h1-5,7-10,17H,6,11-13H2/t17-,19-/m0/s1. The summed E-state index contributed by atoms with van der Waals surface area (Å²) in [6.07, 6.45) is 3.81. The lowest BCUT2D eigenvalue weighted by molar-refractivity contribution is -0.122. The fourth-order valence-corrected chi connectivity index (χ4v) is 4.35. The summed E-state index contributed by atoms with van der Waals surface area (Å²) in [4.78, 5) is 12.7. The Hall–Kier alpha value is -1.89. The highest BCUT2D eigenvalue weighted by Crippen LogP contribution is 2.55. The van der Waals surface area contributed by atoms with Gasteiger partial charge < -0.3 is 0 Å². The van der Waals surface area contributed by atoms with Gasteiger partial charge in [0.25, 0.3) is 0 Å². The first-order chi connectivity index (χ1) is 9.82. The fourth-order valence-electron chi connectivity index (χ4n) is 4.35. The van der Waals surface area contributed by atoms with Gasteiger partial charge in [-0.15, -0.1) is 0 Å². The minimum Gasteiger partial charge on any atom is -0.299 e. The maximum absolute atomic E-state index is 12.7. The van der Waals surface area contributed by atoms with Gasteiger partial charge in [0, 0.05) is 12.3 Å². The summed E-state index contributed by atoms with van der Waals surface area (Å²) in [5.41, 5.74) is 3.75. The Labute approximate surface area is 119 Å². The smallest absolute Gasteiger partial charge is 0.144 e. The molecule has 100 valence electrons. The van der Waals surface area contributed by atoms with Crippen molar-refractivity contribution >= 4 is 5.78 Å². The van der Waals surface area contributed by atoms with E-state index in [-0.39, 0.29) is 5.41 Å². The van der Waals surface area contributed by atoms with Crippen LogP contribution in [0.4, 0.5) is 0 Å². The molecule has 0 bridgehead atoms. The maximum Gasteiger partial charge on any atom is 0.144 e. The van der Waals surface area contributed by atoms with E-state index in [1.807, 2.05) is 0 Å². The third kappa shape index (κ3) is 1.46. The molecular weight excluding hydrogens is 244 g/mol. The van der Waals surface area contributed by atoms with Crippen LogP contribution >= 0.6 is 0 Å². The monoisotopic (exact) mass is 262 g/mol. The predicted octanol–water partition coefficient (Wildman–Crippen LogP) is 4.02. The van der Waals surface area contributed by atoms with E-state index in [1.54, 1.807) is 0 Å². The highest BCUT2D eigenvalue weighted by molar-refractivity contribution is 5.94. The highest BCUT2D eigenvalue weighted by atomic mass is 16.1. The molecule has 2 aliphatic rings. The largest absolute Gasteiger partial charge is 0.299 e. The van der Waals surface area contributed by atoms with Gasteiger partial charge in [-0.25, -0.2) is 0 Å². The van der Waals surface area contributed by atoms with Gasteiger partial charge in [0.1, 0.15) is 5.78 Å². The number of carbonyl (C=O) groups is 1. The lowest BCUT2D eigenvalue weighted by atomic mass is 9.70. The number of fused-ring (bicyclic) bond motifs is 2. The van der Waals surface area contributed by atoms with Gasteiger partial charge in [0.2, 0.25) is 0 Å². The van der Waals surface area contributed by atoms with Crippen molar-refractivity contribution in [2.75, 3.05) is 0 Å². The molecule has 1 nitrogen and oxygen atoms in total. The summed E-state index contributed by atoms with van der Waals surface area (Å²) < 4.78 is 0. The zero-order valence-corrected chi connectivity index (χ0v) is 11.5. The number of ketones is 1. The molecule has 1 fully saturated rings. The summed E-state index contributed by atoms with van der Waals surface area (Å²) in [6.45, 7) is 0. The number of Topliss-reactive ketones (excluding diaryl/α,β-unsaturated/α-hetero) is 1. The van der Waals surface area contributed by atoms with Gasteiger partial charge in [0.05, 0.1) is 5.41 Å². The summed E-state index contributed by atoms with van der Waals surface area (Å²) in [5, 5.41) is 0. The van der Waals surface area contributed by atoms with Gasteiger partial charge in [-0.3, -0.25) is 4.79 Å². The van der Waals surface area contributed by atoms with Crippen molar-refractivity contribution in [1.82, 2.24) is 0 Å². The maximum atomic E-state index is 12.7. The van der Waals surface area contributed by atoms with E-state index in [2.05, 4.69) is 54.6 Å². The molecule has 1 heteroatoms. The first kappa shape index (κ1) is 11.9. The average Bonchev–Trinajstić information content (AvgIpc) is 3.04. The minimum absolute atomic E-state index is 0.238. The quantitative estimate of drug-likeness (QED) is 0.758. The van der Waals surface area contributed by atoms with Crippen LogP contribution in [0.15, 0.2) is 54.6 Å². The van der Waals surface area contributed by atoms with E-state index < -0.39 is 0 Å². The van der Waals surface area contributed by atoms with Crippen LogP contribution in [0.5, 0.6) is 0 Å². The summed E-state index contributed by atoms with van der Waals surface area (Å²) >= 11 is 0. The molecule has 0 aliphatic heterocycles. The van der Waals surface area contributed by atoms with Crippen LogP contribution in [-0.4, -0.2) is 5.78 Å². The lowest BCUT2D eigenvalue weighted by Gasteiger charge is -2.31. The number of hydrogen-bond acceptors (Lipinski definition) is 1. The van der Waals surface area contributed by atoms with Crippen molar-refractivity contribution in [1.29, 1.82) is 0 Å². The minimum atomic E-state index is -0.238. The van der Waals surface area contributed by atoms with Crippen LogP contribution in [0.1, 0.15) is 41.9 Å². The Balaban J connectivity index is 1.92. The molecule has 20 heavy (non-hydrogen) atoms. The van der Waals surface area contributed by atoms with Crippen LogP contribution in [-0.2, 0) is 16.6 Å². The molecule has 0 aromatic heterocycles. The SMILES string of the molecule is O=C1CCC[C@@]12c1ccccc1C[C@H]2c1ccccc1. The molecule has 0 saturated heterocycles. The molecule has 2 aromatic carbocycles. The number of carbonyl (C=O) groups excluding carboxylic acids is 1. The van der Waals surface area contributed by atoms with Crippen LogP contribution in [0.3, 0.4) is 0 Å². The highest BCUT2D eigenvalue weighted by Gasteiger charge is 2.54. The molecule has 1 spiro atoms. The molecule has 0 amide bonds. The fraction of sp³-hybridized carbons (Fsp3) is 0.316. The first-order valence-electron chi connectivity index (χ1n) is 7.49. The van der Waals surface area contributed by atoms with E-state index >= 15 is 0 Å². The van der Waals surface area contributed by atoms with E-state index in [0.29, 0.717) is 11.7 Å². The van der Waals surface area contributed by atoms with E-state index in [9.17, 15) is 4.79 Å². The predicted molar refractivity (Wildman–Crippen MR) is 79.9 cm³/mol. The zero-order chi connectivity index (χ0) is 13.6. The van der Waals surface area contributed by atoms with Gasteiger partial charge in [-0.05, 0) is 36.0 Å². The van der Waals surface area contributed by atoms with Gasteiger partial charge in [-0.1, -0.05) is 54.6 Å². The Bertz CT molecular complexity index is 658. The van der Waals surface area contributed by atoms with Gasteiger partial charge in [0.15, 0.2) is 0 Å². The van der Waals surface area contributed by atoms with Crippen molar-refractivity contribution < 1.29 is 4.79 Å². The second kappa shape index (κ2) is 4.31. The normalized spacial score (nSPS) is 28.0. The molecule has 1 saturated carbocycles. The molecule has 4 rings (SSSR count). The third-order valence-corrected chi connectivity index (χ3v) is 5.19. The molecule has 0 heterocycles. The third-order valence-electron chi connectivity index (χ3n) is 5.19. The zero-order valence-electron chi connectivity index (χ0n) is 11.5. The number of benzene rings is 2. The summed E-state index contributed by atoms with van der Waals surface area (Å²) in [6, 6.07) is 19.2. The van der Waals surface area contributed by atoms with E-state index in [1.165, 1.54) is 16.7 Å². The van der Waals surface area contributed by atoms with Crippen LogP contribution in [0, 0.1) is 0 Å². The van der Waals surface area contributed by atoms with Crippen LogP contribution in [0.25, 0.3) is 0 Å². The van der Waals surface area contributed by atoms with Crippen LogP contribution < -0.4 is 0 Å². The molecule has 2 aliphatic carbocycles. The van der Waals surface area contributed by atoms with Gasteiger partial charge >= 0.3 is 0 Å². The molecule has 2 atom stereocenters. The van der Waals surface area contributed by atoms with E-state index in [0.717, 1.165) is 25.7 Å². The van der Waals surface area contributed by atoms with Crippen molar-refractivity contribution in [2.24, 2.45) is 0 Å². The second-order valence-corrected chi connectivity index (χ2v) is 6.07. The first-order valence-corrected chi connectivity index (χ1v) is 7.49. The molecular formula is C19H18O. The van der Waals surface area contributed by atoms with E-state index in [4.69, 9.17) is 0 Å². The molecule has 0 N–H and O–H groups in total. The molecule has 0 radical (unpaired) electrons. The Morgan fingerprint density at radius 2 is 1.70 bits per heavy atom. The van der Waals surface area contributed by atoms with Crippen molar-refractivity contribution in [2.45, 2.75) is 37.0 Å². The Morgan fingerprint density at radius 1 is 0.950 bits per heavy atom. The number of hydrogen-bond donors (Lipinski definition) is 0. The lowest BCUT2D eigenvalue weighted by Crippen LogP contribution is -2.34. The number of rotatable bonds is 1. The van der Waals surface area contributed by atoms with Crippen molar-refractivity contribution in [3.8, 4) is 0 Å². The Kier molecular flexibility index (Phi) is 2.56. The molecule has 0 unspecified atom stereocenters. The van der Waals surface area contributed by atoms with Gasteiger partial charge in [-0.2, -0.15) is 0 Å². The second-order valence-electron chi connectivity index (χ2n) is 6.07. The summed E-state index contributed by atoms with van der Waals surface area (Å²) in [5.74, 6) is 0.785. The average molecular weight is 262 g/mol. The summed E-state index contributed by atoms with van der Waals surface area (Å²) in [7, 11) is 0. The van der Waals surface area contributed by atoms with Crippen molar-refractivity contribution in [3.63, 3.8) is 0 Å². The topological polar surface area (TPSA) is 17.1 Å². The molecule has 2 aromatic rings. The van der Waals surface area contributed by atoms with Crippen molar-refractivity contribution in [3.05, 3.63) is 71.3 Å². The van der Waals surface area contributed by atoms with Crippen LogP contribution in [0.2, 0.25) is 0 Å².